The van der Waals surface area contributed by atoms with Crippen molar-refractivity contribution >= 4 is 27.6 Å². The van der Waals surface area contributed by atoms with Gasteiger partial charge in [-0.15, -0.1) is 0 Å². The number of anilines is 1. The van der Waals surface area contributed by atoms with E-state index < -0.39 is 16.0 Å². The number of carbonyl (C=O) groups excluding carboxylic acids is 2. The number of aryl methyl sites for hydroxylation is 1. The molecule has 0 unspecified atom stereocenters. The summed E-state index contributed by atoms with van der Waals surface area (Å²) in [7, 11) is -2.38. The van der Waals surface area contributed by atoms with Gasteiger partial charge in [0, 0.05) is 11.3 Å². The number of amides is 1. The minimum absolute atomic E-state index is 0.0264. The summed E-state index contributed by atoms with van der Waals surface area (Å²) >= 11 is 0. The number of nitrogens with one attached hydrogen (secondary N) is 2. The molecule has 154 valence electrons. The van der Waals surface area contributed by atoms with E-state index in [1.807, 2.05) is 6.07 Å². The molecule has 0 bridgehead atoms. The molecule has 0 atom stereocenters. The number of benzene rings is 3. The van der Waals surface area contributed by atoms with Crippen molar-refractivity contribution in [3.05, 3.63) is 89.5 Å². The third-order valence-electron chi connectivity index (χ3n) is 4.37. The fourth-order valence-electron chi connectivity index (χ4n) is 2.67. The summed E-state index contributed by atoms with van der Waals surface area (Å²) in [4.78, 5) is 24.7. The van der Waals surface area contributed by atoms with Crippen LogP contribution in [0.3, 0.4) is 0 Å². The maximum absolute atomic E-state index is 12.5. The summed E-state index contributed by atoms with van der Waals surface area (Å²) in [6, 6.07) is 19.3. The number of hydrogen-bond donors (Lipinski definition) is 2. The molecule has 7 nitrogen and oxygen atoms in total. The number of rotatable bonds is 6. The fraction of sp³-hybridized carbons (Fsp3) is 0.0909. The molecule has 3 aromatic carbocycles. The van der Waals surface area contributed by atoms with Crippen LogP contribution in [0, 0.1) is 6.92 Å². The van der Waals surface area contributed by atoms with Gasteiger partial charge in [0.2, 0.25) is 10.0 Å². The minimum Gasteiger partial charge on any atom is -0.423 e. The van der Waals surface area contributed by atoms with E-state index in [0.717, 1.165) is 0 Å². The zero-order chi connectivity index (χ0) is 21.7. The molecule has 0 aliphatic heterocycles. The zero-order valence-corrected chi connectivity index (χ0v) is 17.2. The molecular weight excluding hydrogens is 404 g/mol. The lowest BCUT2D eigenvalue weighted by molar-refractivity contribution is 0.0733. The molecule has 3 aromatic rings. The van der Waals surface area contributed by atoms with E-state index in [-0.39, 0.29) is 22.1 Å². The first-order valence-corrected chi connectivity index (χ1v) is 10.5. The molecule has 8 heteroatoms. The van der Waals surface area contributed by atoms with Gasteiger partial charge >= 0.3 is 5.97 Å². The summed E-state index contributed by atoms with van der Waals surface area (Å²) < 4.78 is 31.5. The molecule has 0 aliphatic rings. The molecule has 0 aromatic heterocycles. The Morgan fingerprint density at radius 3 is 2.20 bits per heavy atom. The Bertz CT molecular complexity index is 1170. The molecule has 0 saturated carbocycles. The lowest BCUT2D eigenvalue weighted by Crippen LogP contribution is -2.20. The van der Waals surface area contributed by atoms with Crippen LogP contribution in [0.15, 0.2) is 77.7 Å². The van der Waals surface area contributed by atoms with Gasteiger partial charge in [-0.1, -0.05) is 24.3 Å². The fourth-order valence-corrected chi connectivity index (χ4v) is 3.42. The first-order valence-electron chi connectivity index (χ1n) is 9.03. The first-order chi connectivity index (χ1) is 14.3. The molecule has 0 spiro atoms. The minimum atomic E-state index is -3.68. The van der Waals surface area contributed by atoms with Crippen molar-refractivity contribution in [2.24, 2.45) is 0 Å². The van der Waals surface area contributed by atoms with E-state index in [1.54, 1.807) is 61.5 Å². The van der Waals surface area contributed by atoms with Crippen molar-refractivity contribution < 1.29 is 22.7 Å². The Balaban J connectivity index is 1.72. The Labute approximate surface area is 174 Å². The Morgan fingerprint density at radius 2 is 1.57 bits per heavy atom. The molecule has 0 radical (unpaired) electrons. The van der Waals surface area contributed by atoms with E-state index in [4.69, 9.17) is 4.74 Å². The van der Waals surface area contributed by atoms with Gasteiger partial charge in [-0.3, -0.25) is 4.79 Å². The Morgan fingerprint density at radius 1 is 0.900 bits per heavy atom. The highest BCUT2D eigenvalue weighted by atomic mass is 32.2. The number of hydrogen-bond acceptors (Lipinski definition) is 5. The van der Waals surface area contributed by atoms with Gasteiger partial charge in [-0.2, -0.15) is 0 Å². The number of ether oxygens (including phenoxy) is 1. The van der Waals surface area contributed by atoms with Gasteiger partial charge in [0.25, 0.3) is 5.91 Å². The van der Waals surface area contributed by atoms with Gasteiger partial charge in [0.05, 0.1) is 10.5 Å². The molecule has 30 heavy (non-hydrogen) atoms. The van der Waals surface area contributed by atoms with Gasteiger partial charge in [-0.05, 0) is 68.1 Å². The molecule has 0 aliphatic carbocycles. The van der Waals surface area contributed by atoms with Crippen LogP contribution in [-0.4, -0.2) is 27.3 Å². The molecule has 0 heterocycles. The van der Waals surface area contributed by atoms with Crippen LogP contribution in [0.4, 0.5) is 5.69 Å². The second-order valence-electron chi connectivity index (χ2n) is 6.42. The topological polar surface area (TPSA) is 102 Å². The molecule has 1 amide bonds. The zero-order valence-electron chi connectivity index (χ0n) is 16.4. The first kappa shape index (κ1) is 21.2. The molecule has 2 N–H and O–H groups in total. The second-order valence-corrected chi connectivity index (χ2v) is 8.30. The van der Waals surface area contributed by atoms with Gasteiger partial charge in [-0.25, -0.2) is 17.9 Å². The van der Waals surface area contributed by atoms with Crippen LogP contribution in [0.2, 0.25) is 0 Å². The van der Waals surface area contributed by atoms with Crippen molar-refractivity contribution in [3.8, 4) is 5.75 Å². The summed E-state index contributed by atoms with van der Waals surface area (Å²) in [5.41, 5.74) is 1.80. The van der Waals surface area contributed by atoms with Crippen LogP contribution in [0.25, 0.3) is 0 Å². The highest BCUT2D eigenvalue weighted by Crippen LogP contribution is 2.21. The maximum atomic E-state index is 12.5. The number of sulfonamides is 1. The van der Waals surface area contributed by atoms with E-state index in [2.05, 4.69) is 10.0 Å². The molecular formula is C22H20N2O5S. The SMILES string of the molecule is CNS(=O)(=O)c1ccc(C)c(C(=O)Oc2ccc(NC(=O)c3ccccc3)cc2)c1. The van der Waals surface area contributed by atoms with Gasteiger partial charge in [0.15, 0.2) is 0 Å². The van der Waals surface area contributed by atoms with Crippen LogP contribution in [0.5, 0.6) is 5.75 Å². The average Bonchev–Trinajstić information content (AvgIpc) is 2.75. The maximum Gasteiger partial charge on any atom is 0.343 e. The average molecular weight is 424 g/mol. The van der Waals surface area contributed by atoms with Crippen molar-refractivity contribution in [1.29, 1.82) is 0 Å². The third kappa shape index (κ3) is 4.91. The summed E-state index contributed by atoms with van der Waals surface area (Å²) in [6.07, 6.45) is 0. The highest BCUT2D eigenvalue weighted by molar-refractivity contribution is 7.89. The van der Waals surface area contributed by atoms with Crippen molar-refractivity contribution in [1.82, 2.24) is 4.72 Å². The standard InChI is InChI=1S/C22H20N2O5S/c1-15-8-13-19(30(27,28)23-2)14-20(15)22(26)29-18-11-9-17(10-12-18)24-21(25)16-6-4-3-5-7-16/h3-14,23H,1-2H3,(H,24,25). The van der Waals surface area contributed by atoms with Crippen LogP contribution in [0.1, 0.15) is 26.3 Å². The predicted octanol–water partition coefficient (Wildman–Crippen LogP) is 3.37. The normalized spacial score (nSPS) is 11.0. The largest absolute Gasteiger partial charge is 0.423 e. The molecule has 0 saturated heterocycles. The summed E-state index contributed by atoms with van der Waals surface area (Å²) in [6.45, 7) is 1.69. The van der Waals surface area contributed by atoms with Crippen LogP contribution >= 0.6 is 0 Å². The van der Waals surface area contributed by atoms with E-state index in [1.165, 1.54) is 19.2 Å². The van der Waals surface area contributed by atoms with Crippen LogP contribution in [-0.2, 0) is 10.0 Å². The number of esters is 1. The van der Waals surface area contributed by atoms with Gasteiger partial charge < -0.3 is 10.1 Å². The quantitative estimate of drug-likeness (QED) is 0.467. The highest BCUT2D eigenvalue weighted by Gasteiger charge is 2.18. The summed E-state index contributed by atoms with van der Waals surface area (Å²) in [5.74, 6) is -0.667. The van der Waals surface area contributed by atoms with Gasteiger partial charge in [0.1, 0.15) is 5.75 Å². The monoisotopic (exact) mass is 424 g/mol. The van der Waals surface area contributed by atoms with Crippen molar-refractivity contribution in [2.45, 2.75) is 11.8 Å². The Kier molecular flexibility index (Phi) is 6.29. The Hall–Kier alpha value is -3.49. The van der Waals surface area contributed by atoms with E-state index in [0.29, 0.717) is 16.8 Å². The second kappa shape index (κ2) is 8.89. The third-order valence-corrected chi connectivity index (χ3v) is 5.78. The van der Waals surface area contributed by atoms with Crippen molar-refractivity contribution in [2.75, 3.05) is 12.4 Å². The van der Waals surface area contributed by atoms with E-state index in [9.17, 15) is 18.0 Å². The smallest absolute Gasteiger partial charge is 0.343 e. The summed E-state index contributed by atoms with van der Waals surface area (Å²) in [5, 5.41) is 2.76. The molecule has 0 fully saturated rings. The molecule has 3 rings (SSSR count). The predicted molar refractivity (Wildman–Crippen MR) is 113 cm³/mol. The van der Waals surface area contributed by atoms with Crippen LogP contribution < -0.4 is 14.8 Å². The van der Waals surface area contributed by atoms with E-state index >= 15 is 0 Å². The number of carbonyl (C=O) groups is 2. The lowest BCUT2D eigenvalue weighted by atomic mass is 10.1. The lowest BCUT2D eigenvalue weighted by Gasteiger charge is -2.10. The van der Waals surface area contributed by atoms with Crippen molar-refractivity contribution in [3.63, 3.8) is 0 Å².